The lowest BCUT2D eigenvalue weighted by Crippen LogP contribution is -1.98. The molecule has 0 saturated heterocycles. The molecule has 0 fully saturated rings. The number of fused-ring (bicyclic) bond motifs is 1. The van der Waals surface area contributed by atoms with Gasteiger partial charge in [-0.15, -0.1) is 0 Å². The van der Waals surface area contributed by atoms with Crippen molar-refractivity contribution < 1.29 is 13.0 Å². The number of rotatable bonds is 1. The van der Waals surface area contributed by atoms with Gasteiger partial charge in [-0.3, -0.25) is 4.55 Å². The van der Waals surface area contributed by atoms with E-state index in [2.05, 4.69) is 9.97 Å². The molecule has 0 radical (unpaired) electrons. The van der Waals surface area contributed by atoms with Gasteiger partial charge in [0.1, 0.15) is 4.90 Å². The average molecular weight is 233 g/mol. The fraction of sp³-hybridized carbons (Fsp3) is 0. The maximum absolute atomic E-state index is 10.9. The Bertz CT molecular complexity index is 590. The first-order chi connectivity index (χ1) is 6.48. The lowest BCUT2D eigenvalue weighted by atomic mass is 10.3. The molecule has 7 heteroatoms. The van der Waals surface area contributed by atoms with Crippen molar-refractivity contribution in [1.82, 2.24) is 9.97 Å². The zero-order chi connectivity index (χ0) is 10.3. The molecule has 0 aliphatic carbocycles. The third-order valence-corrected chi connectivity index (χ3v) is 3.07. The van der Waals surface area contributed by atoms with Gasteiger partial charge >= 0.3 is 0 Å². The molecule has 0 spiro atoms. The summed E-state index contributed by atoms with van der Waals surface area (Å²) in [6, 6.07) is 2.61. The summed E-state index contributed by atoms with van der Waals surface area (Å²) in [5.41, 5.74) is 1.05. The monoisotopic (exact) mass is 232 g/mol. The van der Waals surface area contributed by atoms with E-state index in [9.17, 15) is 8.42 Å². The second kappa shape index (κ2) is 2.94. The van der Waals surface area contributed by atoms with Crippen LogP contribution in [0.4, 0.5) is 0 Å². The van der Waals surface area contributed by atoms with E-state index in [-0.39, 0.29) is 9.92 Å². The van der Waals surface area contributed by atoms with Gasteiger partial charge in [-0.1, -0.05) is 11.6 Å². The molecule has 1 aromatic carbocycles. The minimum Gasteiger partial charge on any atom is -0.345 e. The van der Waals surface area contributed by atoms with Gasteiger partial charge in [0.15, 0.2) is 0 Å². The zero-order valence-electron chi connectivity index (χ0n) is 6.73. The van der Waals surface area contributed by atoms with Crippen LogP contribution in [0.2, 0.25) is 5.02 Å². The maximum Gasteiger partial charge on any atom is 0.296 e. The van der Waals surface area contributed by atoms with Crippen LogP contribution < -0.4 is 0 Å². The smallest absolute Gasteiger partial charge is 0.296 e. The number of hydrogen-bond donors (Lipinski definition) is 2. The predicted molar refractivity (Wildman–Crippen MR) is 50.9 cm³/mol. The zero-order valence-corrected chi connectivity index (χ0v) is 8.30. The normalized spacial score (nSPS) is 12.1. The largest absolute Gasteiger partial charge is 0.345 e. The molecule has 74 valence electrons. The molecule has 14 heavy (non-hydrogen) atoms. The van der Waals surface area contributed by atoms with Crippen LogP contribution in [0.25, 0.3) is 11.0 Å². The summed E-state index contributed by atoms with van der Waals surface area (Å²) < 4.78 is 30.5. The Morgan fingerprint density at radius 1 is 1.43 bits per heavy atom. The standard InChI is InChI=1S/C7H5ClN2O3S/c8-4-1-5-6(10-3-9-5)2-7(4)14(11,12)13/h1-3H,(H,9,10)(H,11,12,13). The van der Waals surface area contributed by atoms with Gasteiger partial charge < -0.3 is 4.98 Å². The Hall–Kier alpha value is -1.11. The Balaban J connectivity index is 2.84. The van der Waals surface area contributed by atoms with Gasteiger partial charge in [-0.25, -0.2) is 4.98 Å². The van der Waals surface area contributed by atoms with Crippen LogP contribution >= 0.6 is 11.6 Å². The summed E-state index contributed by atoms with van der Waals surface area (Å²) in [5.74, 6) is 0. The Morgan fingerprint density at radius 3 is 2.79 bits per heavy atom. The van der Waals surface area contributed by atoms with E-state index in [1.807, 2.05) is 0 Å². The van der Waals surface area contributed by atoms with E-state index >= 15 is 0 Å². The number of nitrogens with zero attached hydrogens (tertiary/aromatic N) is 1. The molecule has 0 saturated carbocycles. The molecule has 0 aliphatic heterocycles. The molecule has 1 heterocycles. The molecular formula is C7H5ClN2O3S. The van der Waals surface area contributed by atoms with Gasteiger partial charge in [0.2, 0.25) is 0 Å². The third-order valence-electron chi connectivity index (χ3n) is 1.75. The van der Waals surface area contributed by atoms with E-state index in [0.29, 0.717) is 11.0 Å². The first-order valence-corrected chi connectivity index (χ1v) is 5.40. The second-order valence-corrected chi connectivity index (χ2v) is 4.47. The first-order valence-electron chi connectivity index (χ1n) is 3.58. The van der Waals surface area contributed by atoms with E-state index in [1.165, 1.54) is 18.5 Å². The van der Waals surface area contributed by atoms with Crippen LogP contribution in [0.1, 0.15) is 0 Å². The van der Waals surface area contributed by atoms with Crippen molar-refractivity contribution in [2.45, 2.75) is 4.90 Å². The highest BCUT2D eigenvalue weighted by molar-refractivity contribution is 7.86. The summed E-state index contributed by atoms with van der Waals surface area (Å²) in [5, 5.41) is -0.0490. The molecule has 0 aliphatic rings. The molecule has 5 nitrogen and oxygen atoms in total. The molecule has 0 unspecified atom stereocenters. The minimum absolute atomic E-state index is 0.0490. The van der Waals surface area contributed by atoms with Crippen molar-refractivity contribution in [2.75, 3.05) is 0 Å². The van der Waals surface area contributed by atoms with Crippen LogP contribution in [-0.4, -0.2) is 22.9 Å². The highest BCUT2D eigenvalue weighted by atomic mass is 35.5. The van der Waals surface area contributed by atoms with E-state index < -0.39 is 10.1 Å². The lowest BCUT2D eigenvalue weighted by molar-refractivity contribution is 0.483. The van der Waals surface area contributed by atoms with Gasteiger partial charge in [-0.2, -0.15) is 8.42 Å². The number of H-pyrrole nitrogens is 1. The Labute approximate surface area is 84.5 Å². The first kappa shape index (κ1) is 9.45. The number of nitrogens with one attached hydrogen (secondary N) is 1. The van der Waals surface area contributed by atoms with Crippen molar-refractivity contribution in [3.63, 3.8) is 0 Å². The summed E-state index contributed by atoms with van der Waals surface area (Å²) in [4.78, 5) is 6.28. The predicted octanol–water partition coefficient (Wildman–Crippen LogP) is 1.46. The van der Waals surface area contributed by atoms with E-state index in [4.69, 9.17) is 16.2 Å². The number of aromatic amines is 1. The van der Waals surface area contributed by atoms with Gasteiger partial charge in [0.05, 0.1) is 22.4 Å². The molecule has 2 N–H and O–H groups in total. The van der Waals surface area contributed by atoms with E-state index in [1.54, 1.807) is 0 Å². The van der Waals surface area contributed by atoms with Crippen molar-refractivity contribution in [3.05, 3.63) is 23.5 Å². The van der Waals surface area contributed by atoms with Crippen LogP contribution in [-0.2, 0) is 10.1 Å². The van der Waals surface area contributed by atoms with Gasteiger partial charge in [0, 0.05) is 0 Å². The van der Waals surface area contributed by atoms with Crippen molar-refractivity contribution in [3.8, 4) is 0 Å². The summed E-state index contributed by atoms with van der Waals surface area (Å²) in [6.45, 7) is 0. The molecule has 0 atom stereocenters. The number of benzene rings is 1. The molecule has 0 amide bonds. The van der Waals surface area contributed by atoms with Crippen molar-refractivity contribution >= 4 is 32.8 Å². The van der Waals surface area contributed by atoms with Crippen LogP contribution in [0.5, 0.6) is 0 Å². The molecule has 1 aromatic heterocycles. The number of hydrogen-bond acceptors (Lipinski definition) is 3. The molecule has 2 aromatic rings. The topological polar surface area (TPSA) is 83.0 Å². The fourth-order valence-electron chi connectivity index (χ4n) is 1.13. The van der Waals surface area contributed by atoms with Gasteiger partial charge in [0.25, 0.3) is 10.1 Å². The molecule has 0 bridgehead atoms. The third kappa shape index (κ3) is 1.47. The SMILES string of the molecule is O=S(=O)(O)c1cc2[nH]cnc2cc1Cl. The summed E-state index contributed by atoms with van der Waals surface area (Å²) in [7, 11) is -4.28. The highest BCUT2D eigenvalue weighted by Crippen LogP contribution is 2.25. The van der Waals surface area contributed by atoms with Crippen LogP contribution in [0, 0.1) is 0 Å². The van der Waals surface area contributed by atoms with Crippen molar-refractivity contribution in [1.29, 1.82) is 0 Å². The van der Waals surface area contributed by atoms with Crippen LogP contribution in [0.3, 0.4) is 0 Å². The van der Waals surface area contributed by atoms with E-state index in [0.717, 1.165) is 0 Å². The number of imidazole rings is 1. The van der Waals surface area contributed by atoms with Crippen LogP contribution in [0.15, 0.2) is 23.4 Å². The minimum atomic E-state index is -4.28. The Kier molecular flexibility index (Phi) is 1.99. The summed E-state index contributed by atoms with van der Waals surface area (Å²) >= 11 is 5.65. The lowest BCUT2D eigenvalue weighted by Gasteiger charge is -1.99. The maximum atomic E-state index is 10.9. The summed E-state index contributed by atoms with van der Waals surface area (Å²) in [6.07, 6.45) is 1.41. The number of aromatic nitrogens is 2. The Morgan fingerprint density at radius 2 is 2.14 bits per heavy atom. The van der Waals surface area contributed by atoms with Gasteiger partial charge in [-0.05, 0) is 12.1 Å². The highest BCUT2D eigenvalue weighted by Gasteiger charge is 2.15. The molecule has 2 rings (SSSR count). The quantitative estimate of drug-likeness (QED) is 0.730. The fourth-order valence-corrected chi connectivity index (χ4v) is 2.16. The number of halogens is 1. The molecular weight excluding hydrogens is 228 g/mol. The average Bonchev–Trinajstić information content (AvgIpc) is 2.47. The van der Waals surface area contributed by atoms with Crippen molar-refractivity contribution in [2.24, 2.45) is 0 Å². The second-order valence-electron chi connectivity index (χ2n) is 2.68.